The molecule has 0 aromatic heterocycles. The SMILES string of the molecule is C[C@@]12O[C@@H]1CC1C(C(=O)O)=COC(OC(=O)NCCCl)C12. The highest BCUT2D eigenvalue weighted by Crippen LogP contribution is 2.60. The summed E-state index contributed by atoms with van der Waals surface area (Å²) in [6, 6.07) is 0. The highest BCUT2D eigenvalue weighted by atomic mass is 35.5. The van der Waals surface area contributed by atoms with E-state index in [1.165, 1.54) is 6.26 Å². The van der Waals surface area contributed by atoms with Crippen LogP contribution in [0.2, 0.25) is 0 Å². The molecule has 2 fully saturated rings. The summed E-state index contributed by atoms with van der Waals surface area (Å²) in [7, 11) is 0. The van der Waals surface area contributed by atoms with E-state index in [0.29, 0.717) is 6.42 Å². The van der Waals surface area contributed by atoms with Crippen LogP contribution in [0.25, 0.3) is 0 Å². The first-order valence-corrected chi connectivity index (χ1v) is 7.28. The van der Waals surface area contributed by atoms with Crippen molar-refractivity contribution >= 4 is 23.7 Å². The number of carbonyl (C=O) groups is 2. The smallest absolute Gasteiger partial charge is 0.410 e. The molecule has 116 valence electrons. The average molecular weight is 318 g/mol. The first-order valence-electron chi connectivity index (χ1n) is 6.74. The van der Waals surface area contributed by atoms with Crippen molar-refractivity contribution in [2.75, 3.05) is 12.4 Å². The molecule has 1 saturated carbocycles. The van der Waals surface area contributed by atoms with E-state index in [1.807, 2.05) is 6.92 Å². The fourth-order valence-electron chi connectivity index (χ4n) is 3.32. The second kappa shape index (κ2) is 5.06. The van der Waals surface area contributed by atoms with Gasteiger partial charge in [-0.05, 0) is 13.3 Å². The van der Waals surface area contributed by atoms with E-state index in [-0.39, 0.29) is 35.9 Å². The minimum Gasteiger partial charge on any atom is -0.478 e. The lowest BCUT2D eigenvalue weighted by molar-refractivity contribution is -0.148. The second-order valence-corrected chi connectivity index (χ2v) is 5.94. The van der Waals surface area contributed by atoms with E-state index in [9.17, 15) is 14.7 Å². The van der Waals surface area contributed by atoms with Crippen molar-refractivity contribution in [1.82, 2.24) is 5.32 Å². The third-order valence-corrected chi connectivity index (χ3v) is 4.59. The third kappa shape index (κ3) is 2.34. The third-order valence-electron chi connectivity index (χ3n) is 4.40. The molecule has 1 aliphatic carbocycles. The lowest BCUT2D eigenvalue weighted by atomic mass is 9.82. The molecule has 3 aliphatic rings. The number of ether oxygens (including phenoxy) is 3. The van der Waals surface area contributed by atoms with E-state index in [1.54, 1.807) is 0 Å². The highest BCUT2D eigenvalue weighted by Gasteiger charge is 2.70. The predicted molar refractivity (Wildman–Crippen MR) is 70.7 cm³/mol. The molecule has 0 radical (unpaired) electrons. The molecule has 1 amide bonds. The number of carboxylic acid groups (broad SMARTS) is 1. The van der Waals surface area contributed by atoms with Gasteiger partial charge in [0.15, 0.2) is 0 Å². The van der Waals surface area contributed by atoms with Crippen molar-refractivity contribution < 1.29 is 28.9 Å². The van der Waals surface area contributed by atoms with Crippen LogP contribution in [-0.4, -0.2) is 47.6 Å². The number of aliphatic carboxylic acids is 1. The number of amides is 1. The van der Waals surface area contributed by atoms with Crippen LogP contribution < -0.4 is 5.32 Å². The molecule has 2 heterocycles. The zero-order chi connectivity index (χ0) is 15.2. The van der Waals surface area contributed by atoms with Crippen LogP contribution >= 0.6 is 11.6 Å². The molecule has 1 saturated heterocycles. The summed E-state index contributed by atoms with van der Waals surface area (Å²) < 4.78 is 16.2. The van der Waals surface area contributed by atoms with E-state index in [4.69, 9.17) is 25.8 Å². The monoisotopic (exact) mass is 317 g/mol. The lowest BCUT2D eigenvalue weighted by Crippen LogP contribution is -2.44. The molecule has 0 bridgehead atoms. The van der Waals surface area contributed by atoms with Gasteiger partial charge in [0.25, 0.3) is 6.29 Å². The molecule has 8 heteroatoms. The van der Waals surface area contributed by atoms with Gasteiger partial charge < -0.3 is 24.6 Å². The summed E-state index contributed by atoms with van der Waals surface area (Å²) in [6.07, 6.45) is 0.280. The average Bonchev–Trinajstić information content (AvgIpc) is 2.98. The molecule has 3 unspecified atom stereocenters. The van der Waals surface area contributed by atoms with Crippen LogP contribution in [0.1, 0.15) is 13.3 Å². The minimum atomic E-state index is -1.01. The number of fused-ring (bicyclic) bond motifs is 3. The molecule has 5 atom stereocenters. The highest BCUT2D eigenvalue weighted by molar-refractivity contribution is 6.18. The summed E-state index contributed by atoms with van der Waals surface area (Å²) in [6.45, 7) is 2.18. The van der Waals surface area contributed by atoms with Gasteiger partial charge >= 0.3 is 12.1 Å². The summed E-state index contributed by atoms with van der Waals surface area (Å²) in [4.78, 5) is 22.9. The van der Waals surface area contributed by atoms with Crippen LogP contribution in [0.5, 0.6) is 0 Å². The van der Waals surface area contributed by atoms with Crippen LogP contribution in [0, 0.1) is 11.8 Å². The Balaban J connectivity index is 1.76. The number of alkyl halides is 1. The summed E-state index contributed by atoms with van der Waals surface area (Å²) >= 11 is 5.49. The lowest BCUT2D eigenvalue weighted by Gasteiger charge is -2.35. The van der Waals surface area contributed by atoms with Gasteiger partial charge in [-0.25, -0.2) is 9.59 Å². The van der Waals surface area contributed by atoms with E-state index >= 15 is 0 Å². The maximum Gasteiger partial charge on any atom is 0.410 e. The number of carboxylic acids is 1. The number of alkyl carbamates (subject to hydrolysis) is 1. The molecule has 7 nitrogen and oxygen atoms in total. The molecule has 3 rings (SSSR count). The van der Waals surface area contributed by atoms with E-state index < -0.39 is 24.0 Å². The van der Waals surface area contributed by atoms with E-state index in [2.05, 4.69) is 5.32 Å². The largest absolute Gasteiger partial charge is 0.478 e. The van der Waals surface area contributed by atoms with Crippen LogP contribution in [0.3, 0.4) is 0 Å². The maximum absolute atomic E-state index is 11.6. The molecular weight excluding hydrogens is 302 g/mol. The van der Waals surface area contributed by atoms with Gasteiger partial charge in [-0.1, -0.05) is 0 Å². The standard InChI is InChI=1S/C13H16ClNO6/c1-13-8(21-13)4-6-7(10(16)17)5-19-11(9(6)13)20-12(18)15-3-2-14/h5-6,8-9,11H,2-4H2,1H3,(H,15,18)(H,16,17)/t6?,8-,9?,11?,13-/m1/s1. The predicted octanol–water partition coefficient (Wildman–Crippen LogP) is 1.07. The number of carbonyl (C=O) groups excluding carboxylic acids is 1. The summed E-state index contributed by atoms with van der Waals surface area (Å²) in [5, 5.41) is 11.7. The van der Waals surface area contributed by atoms with Crippen molar-refractivity contribution in [2.24, 2.45) is 11.8 Å². The first kappa shape index (κ1) is 14.5. The van der Waals surface area contributed by atoms with Gasteiger partial charge in [-0.15, -0.1) is 11.6 Å². The van der Waals surface area contributed by atoms with Gasteiger partial charge in [0.1, 0.15) is 5.60 Å². The zero-order valence-corrected chi connectivity index (χ0v) is 12.1. The fraction of sp³-hybridized carbons (Fsp3) is 0.692. The molecule has 0 aromatic carbocycles. The number of epoxide rings is 1. The Bertz CT molecular complexity index is 509. The van der Waals surface area contributed by atoms with Gasteiger partial charge in [-0.3, -0.25) is 0 Å². The van der Waals surface area contributed by atoms with Crippen LogP contribution in [-0.2, 0) is 19.0 Å². The number of rotatable bonds is 4. The van der Waals surface area contributed by atoms with Gasteiger partial charge in [0.05, 0.1) is 23.9 Å². The molecular formula is C13H16ClNO6. The number of hydrogen-bond acceptors (Lipinski definition) is 5. The van der Waals surface area contributed by atoms with Crippen LogP contribution in [0.4, 0.5) is 4.79 Å². The van der Waals surface area contributed by atoms with Gasteiger partial charge in [0, 0.05) is 18.3 Å². The number of hydrogen-bond donors (Lipinski definition) is 2. The molecule has 2 N–H and O–H groups in total. The van der Waals surface area contributed by atoms with E-state index in [0.717, 1.165) is 0 Å². The minimum absolute atomic E-state index is 0.00560. The Morgan fingerprint density at radius 3 is 3.05 bits per heavy atom. The second-order valence-electron chi connectivity index (χ2n) is 5.56. The zero-order valence-electron chi connectivity index (χ0n) is 11.4. The Morgan fingerprint density at radius 1 is 1.62 bits per heavy atom. The summed E-state index contributed by atoms with van der Waals surface area (Å²) in [5.41, 5.74) is -0.283. The topological polar surface area (TPSA) is 97.4 Å². The fourth-order valence-corrected chi connectivity index (χ4v) is 3.42. The molecule has 0 spiro atoms. The van der Waals surface area contributed by atoms with Crippen LogP contribution in [0.15, 0.2) is 11.8 Å². The Hall–Kier alpha value is -1.47. The Labute approximate surface area is 126 Å². The molecule has 2 aliphatic heterocycles. The van der Waals surface area contributed by atoms with Crippen molar-refractivity contribution in [3.05, 3.63) is 11.8 Å². The van der Waals surface area contributed by atoms with Gasteiger partial charge in [0.2, 0.25) is 0 Å². The van der Waals surface area contributed by atoms with Crippen molar-refractivity contribution in [1.29, 1.82) is 0 Å². The van der Waals surface area contributed by atoms with Crippen molar-refractivity contribution in [3.8, 4) is 0 Å². The maximum atomic E-state index is 11.6. The number of nitrogens with one attached hydrogen (secondary N) is 1. The van der Waals surface area contributed by atoms with Crippen molar-refractivity contribution in [2.45, 2.75) is 31.3 Å². The first-order chi connectivity index (χ1) is 9.97. The number of halogens is 1. The molecule has 0 aromatic rings. The summed E-state index contributed by atoms with van der Waals surface area (Å²) in [5.74, 6) is -1.29. The van der Waals surface area contributed by atoms with Crippen molar-refractivity contribution in [3.63, 3.8) is 0 Å². The quantitative estimate of drug-likeness (QED) is 0.594. The Kier molecular flexibility index (Phi) is 3.49. The Morgan fingerprint density at radius 2 is 2.38 bits per heavy atom. The molecule has 21 heavy (non-hydrogen) atoms. The van der Waals surface area contributed by atoms with Gasteiger partial charge in [-0.2, -0.15) is 0 Å². The normalized spacial score (nSPS) is 39.4.